The first-order valence-electron chi connectivity index (χ1n) is 9.68. The van der Waals surface area contributed by atoms with Gasteiger partial charge in [0.1, 0.15) is 5.60 Å². The highest BCUT2D eigenvalue weighted by molar-refractivity contribution is 5.91. The van der Waals surface area contributed by atoms with E-state index in [-0.39, 0.29) is 24.1 Å². The maximum Gasteiger partial charge on any atom is 0.410 e. The number of allylic oxidation sites excluding steroid dienone is 1. The van der Waals surface area contributed by atoms with Gasteiger partial charge in [0.25, 0.3) is 0 Å². The lowest BCUT2D eigenvalue weighted by Gasteiger charge is -2.45. The monoisotopic (exact) mass is 388 g/mol. The van der Waals surface area contributed by atoms with Crippen molar-refractivity contribution in [3.8, 4) is 0 Å². The summed E-state index contributed by atoms with van der Waals surface area (Å²) >= 11 is 0. The SMILES string of the molecule is CC=Cc1cc(C(=O)OC)ccc1N1C[C@@H](C)N(C(=O)OC(C)(C)C)C[C@@H]1C. The number of ether oxygens (including phenoxy) is 2. The third-order valence-corrected chi connectivity index (χ3v) is 4.72. The number of hydrogen-bond acceptors (Lipinski definition) is 5. The quantitative estimate of drug-likeness (QED) is 0.721. The van der Waals surface area contributed by atoms with Gasteiger partial charge in [-0.3, -0.25) is 0 Å². The Kier molecular flexibility index (Phi) is 6.75. The molecule has 0 aromatic heterocycles. The zero-order valence-electron chi connectivity index (χ0n) is 18.0. The summed E-state index contributed by atoms with van der Waals surface area (Å²) in [6.07, 6.45) is 3.66. The molecule has 1 aliphatic heterocycles. The zero-order valence-corrected chi connectivity index (χ0v) is 18.0. The molecule has 0 unspecified atom stereocenters. The van der Waals surface area contributed by atoms with Crippen LogP contribution in [0.3, 0.4) is 0 Å². The fourth-order valence-electron chi connectivity index (χ4n) is 3.41. The second-order valence-corrected chi connectivity index (χ2v) is 8.25. The highest BCUT2D eigenvalue weighted by Crippen LogP contribution is 2.29. The van der Waals surface area contributed by atoms with E-state index in [9.17, 15) is 9.59 Å². The summed E-state index contributed by atoms with van der Waals surface area (Å²) < 4.78 is 10.4. The molecular weight excluding hydrogens is 356 g/mol. The molecule has 2 atom stereocenters. The first-order valence-corrected chi connectivity index (χ1v) is 9.68. The number of carbonyl (C=O) groups excluding carboxylic acids is 2. The van der Waals surface area contributed by atoms with E-state index in [2.05, 4.69) is 11.8 Å². The van der Waals surface area contributed by atoms with Crippen LogP contribution in [0.5, 0.6) is 0 Å². The number of rotatable bonds is 3. The van der Waals surface area contributed by atoms with Gasteiger partial charge < -0.3 is 19.3 Å². The van der Waals surface area contributed by atoms with E-state index in [0.717, 1.165) is 11.3 Å². The minimum atomic E-state index is -0.514. The molecule has 1 saturated heterocycles. The Morgan fingerprint density at radius 3 is 2.39 bits per heavy atom. The third-order valence-electron chi connectivity index (χ3n) is 4.72. The molecule has 6 nitrogen and oxygen atoms in total. The van der Waals surface area contributed by atoms with E-state index in [1.54, 1.807) is 11.0 Å². The molecule has 0 radical (unpaired) electrons. The molecule has 1 heterocycles. The lowest BCUT2D eigenvalue weighted by atomic mass is 10.0. The maximum absolute atomic E-state index is 12.6. The minimum Gasteiger partial charge on any atom is -0.465 e. The Bertz CT molecular complexity index is 751. The van der Waals surface area contributed by atoms with Gasteiger partial charge in [-0.25, -0.2) is 9.59 Å². The summed E-state index contributed by atoms with van der Waals surface area (Å²) in [6, 6.07) is 5.69. The molecule has 6 heteroatoms. The van der Waals surface area contributed by atoms with E-state index in [4.69, 9.17) is 9.47 Å². The Hall–Kier alpha value is -2.50. The molecule has 1 aromatic rings. The van der Waals surface area contributed by atoms with E-state index in [1.807, 2.05) is 58.9 Å². The van der Waals surface area contributed by atoms with Crippen LogP contribution in [0.1, 0.15) is 57.5 Å². The molecule has 154 valence electrons. The Morgan fingerprint density at radius 1 is 1.14 bits per heavy atom. The number of piperazine rings is 1. The van der Waals surface area contributed by atoms with Crippen molar-refractivity contribution in [3.63, 3.8) is 0 Å². The second kappa shape index (κ2) is 8.67. The van der Waals surface area contributed by atoms with Crippen LogP contribution in [-0.2, 0) is 9.47 Å². The molecule has 1 amide bonds. The van der Waals surface area contributed by atoms with Crippen LogP contribution in [-0.4, -0.2) is 54.8 Å². The van der Waals surface area contributed by atoms with Crippen molar-refractivity contribution in [1.82, 2.24) is 4.90 Å². The number of anilines is 1. The zero-order chi connectivity index (χ0) is 21.1. The number of amides is 1. The third kappa shape index (κ3) is 5.06. The van der Waals surface area contributed by atoms with E-state index in [0.29, 0.717) is 18.7 Å². The molecule has 2 rings (SSSR count). The highest BCUT2D eigenvalue weighted by Gasteiger charge is 2.35. The average Bonchev–Trinajstić information content (AvgIpc) is 2.61. The molecule has 0 spiro atoms. The minimum absolute atomic E-state index is 0.00443. The van der Waals surface area contributed by atoms with Gasteiger partial charge in [0.2, 0.25) is 0 Å². The van der Waals surface area contributed by atoms with Crippen molar-refractivity contribution < 1.29 is 19.1 Å². The van der Waals surface area contributed by atoms with Gasteiger partial charge in [-0.2, -0.15) is 0 Å². The van der Waals surface area contributed by atoms with Crippen LogP contribution in [0.15, 0.2) is 24.3 Å². The van der Waals surface area contributed by atoms with Crippen LogP contribution in [0.25, 0.3) is 6.08 Å². The Morgan fingerprint density at radius 2 is 1.82 bits per heavy atom. The van der Waals surface area contributed by atoms with Crippen LogP contribution in [0.2, 0.25) is 0 Å². The molecule has 0 N–H and O–H groups in total. The van der Waals surface area contributed by atoms with Gasteiger partial charge in [0.05, 0.1) is 12.7 Å². The first-order chi connectivity index (χ1) is 13.1. The van der Waals surface area contributed by atoms with Crippen LogP contribution >= 0.6 is 0 Å². The first kappa shape index (κ1) is 21.8. The lowest BCUT2D eigenvalue weighted by molar-refractivity contribution is 0.0130. The van der Waals surface area contributed by atoms with Gasteiger partial charge in [0.15, 0.2) is 0 Å². The predicted molar refractivity (Wildman–Crippen MR) is 112 cm³/mol. The average molecular weight is 389 g/mol. The summed E-state index contributed by atoms with van der Waals surface area (Å²) in [6.45, 7) is 13.0. The lowest BCUT2D eigenvalue weighted by Crippen LogP contribution is -2.59. The summed E-state index contributed by atoms with van der Waals surface area (Å²) in [4.78, 5) is 28.5. The fourth-order valence-corrected chi connectivity index (χ4v) is 3.41. The smallest absolute Gasteiger partial charge is 0.410 e. The van der Waals surface area contributed by atoms with Crippen LogP contribution in [0.4, 0.5) is 10.5 Å². The molecule has 1 aromatic carbocycles. The molecule has 0 saturated carbocycles. The molecule has 0 bridgehead atoms. The standard InChI is InChI=1S/C22H32N2O4/c1-8-9-17-12-18(20(25)27-7)10-11-19(17)23-13-16(3)24(14-15(23)2)21(26)28-22(4,5)6/h8-12,15-16H,13-14H2,1-7H3/t15-,16+/m0/s1. The largest absolute Gasteiger partial charge is 0.465 e. The molecular formula is C22H32N2O4. The van der Waals surface area contributed by atoms with Crippen LogP contribution in [0, 0.1) is 0 Å². The topological polar surface area (TPSA) is 59.1 Å². The van der Waals surface area contributed by atoms with E-state index >= 15 is 0 Å². The van der Waals surface area contributed by atoms with Crippen molar-refractivity contribution in [1.29, 1.82) is 0 Å². The Balaban J connectivity index is 2.27. The van der Waals surface area contributed by atoms with Gasteiger partial charge in [-0.15, -0.1) is 0 Å². The van der Waals surface area contributed by atoms with Crippen molar-refractivity contribution in [2.24, 2.45) is 0 Å². The van der Waals surface area contributed by atoms with Gasteiger partial charge >= 0.3 is 12.1 Å². The highest BCUT2D eigenvalue weighted by atomic mass is 16.6. The molecule has 0 aliphatic carbocycles. The van der Waals surface area contributed by atoms with Crippen molar-refractivity contribution in [2.45, 2.75) is 59.2 Å². The van der Waals surface area contributed by atoms with E-state index < -0.39 is 5.60 Å². The normalized spacial score (nSPS) is 20.4. The van der Waals surface area contributed by atoms with Crippen LogP contribution < -0.4 is 4.90 Å². The number of nitrogens with zero attached hydrogens (tertiary/aromatic N) is 2. The molecule has 1 aliphatic rings. The summed E-state index contributed by atoms with van der Waals surface area (Å²) in [5.74, 6) is -0.353. The van der Waals surface area contributed by atoms with Crippen molar-refractivity contribution in [2.75, 3.05) is 25.1 Å². The summed E-state index contributed by atoms with van der Waals surface area (Å²) in [5, 5.41) is 0. The van der Waals surface area contributed by atoms with Gasteiger partial charge in [0, 0.05) is 30.9 Å². The maximum atomic E-state index is 12.6. The number of esters is 1. The van der Waals surface area contributed by atoms with E-state index in [1.165, 1.54) is 7.11 Å². The Labute approximate surface area is 168 Å². The van der Waals surface area contributed by atoms with Gasteiger partial charge in [-0.05, 0) is 65.3 Å². The molecule has 28 heavy (non-hydrogen) atoms. The number of methoxy groups -OCH3 is 1. The fraction of sp³-hybridized carbons (Fsp3) is 0.545. The second-order valence-electron chi connectivity index (χ2n) is 8.25. The number of benzene rings is 1. The summed E-state index contributed by atoms with van der Waals surface area (Å²) in [5.41, 5.74) is 2.00. The number of hydrogen-bond donors (Lipinski definition) is 0. The molecule has 1 fully saturated rings. The van der Waals surface area contributed by atoms with Crippen molar-refractivity contribution in [3.05, 3.63) is 35.4 Å². The number of carbonyl (C=O) groups is 2. The van der Waals surface area contributed by atoms with Gasteiger partial charge in [-0.1, -0.05) is 12.2 Å². The predicted octanol–water partition coefficient (Wildman–Crippen LogP) is 4.34. The van der Waals surface area contributed by atoms with Crippen molar-refractivity contribution >= 4 is 23.8 Å². The summed E-state index contributed by atoms with van der Waals surface area (Å²) in [7, 11) is 1.38.